The quantitative estimate of drug-likeness (QED) is 0.839. The first kappa shape index (κ1) is 18.8. The fourth-order valence-electron chi connectivity index (χ4n) is 3.07. The number of aryl methyl sites for hydroxylation is 2. The van der Waals surface area contributed by atoms with E-state index in [1.807, 2.05) is 56.9 Å². The van der Waals surface area contributed by atoms with E-state index in [0.717, 1.165) is 41.3 Å². The number of urea groups is 1. The van der Waals surface area contributed by atoms with Crippen molar-refractivity contribution >= 4 is 17.4 Å². The predicted octanol–water partition coefficient (Wildman–Crippen LogP) is 3.77. The van der Waals surface area contributed by atoms with Gasteiger partial charge in [-0.2, -0.15) is 5.10 Å². The van der Waals surface area contributed by atoms with Crippen molar-refractivity contribution in [3.8, 4) is 0 Å². The lowest BCUT2D eigenvalue weighted by Gasteiger charge is -2.22. The summed E-state index contributed by atoms with van der Waals surface area (Å²) in [7, 11) is 3.94. The number of aromatic nitrogens is 2. The van der Waals surface area contributed by atoms with E-state index >= 15 is 0 Å². The van der Waals surface area contributed by atoms with Crippen LogP contribution in [0.15, 0.2) is 24.3 Å². The molecule has 0 saturated carbocycles. The van der Waals surface area contributed by atoms with E-state index in [1.54, 1.807) is 0 Å². The fraction of sp³-hybridized carbons (Fsp3) is 0.474. The molecule has 25 heavy (non-hydrogen) atoms. The Hall–Kier alpha value is -2.50. The molecular weight excluding hydrogens is 314 g/mol. The zero-order valence-electron chi connectivity index (χ0n) is 16.1. The number of hydrogen-bond acceptors (Lipinski definition) is 3. The molecule has 1 aromatic heterocycles. The molecule has 0 unspecified atom stereocenters. The minimum atomic E-state index is -0.202. The summed E-state index contributed by atoms with van der Waals surface area (Å²) in [5.41, 5.74) is 4.94. The molecule has 6 nitrogen and oxygen atoms in total. The van der Waals surface area contributed by atoms with Crippen molar-refractivity contribution in [2.45, 2.75) is 40.2 Å². The van der Waals surface area contributed by atoms with E-state index in [1.165, 1.54) is 0 Å². The van der Waals surface area contributed by atoms with Crippen molar-refractivity contribution in [1.82, 2.24) is 15.1 Å². The van der Waals surface area contributed by atoms with Gasteiger partial charge in [-0.3, -0.25) is 4.68 Å². The van der Waals surface area contributed by atoms with E-state index in [-0.39, 0.29) is 12.1 Å². The van der Waals surface area contributed by atoms with Gasteiger partial charge in [0, 0.05) is 31.9 Å². The molecule has 0 aliphatic rings. The van der Waals surface area contributed by atoms with Gasteiger partial charge in [0.1, 0.15) is 0 Å². The molecule has 6 heteroatoms. The summed E-state index contributed by atoms with van der Waals surface area (Å²) >= 11 is 0. The van der Waals surface area contributed by atoms with Crippen LogP contribution in [0.5, 0.6) is 0 Å². The van der Waals surface area contributed by atoms with Crippen molar-refractivity contribution in [3.63, 3.8) is 0 Å². The van der Waals surface area contributed by atoms with Gasteiger partial charge >= 0.3 is 6.03 Å². The van der Waals surface area contributed by atoms with E-state index in [0.29, 0.717) is 0 Å². The van der Waals surface area contributed by atoms with Gasteiger partial charge in [0.25, 0.3) is 0 Å². The molecule has 0 aliphatic heterocycles. The van der Waals surface area contributed by atoms with Crippen molar-refractivity contribution in [2.75, 3.05) is 23.8 Å². The number of hydrogen-bond donors (Lipinski definition) is 2. The Kier molecular flexibility index (Phi) is 6.07. The highest BCUT2D eigenvalue weighted by Gasteiger charge is 2.21. The molecule has 136 valence electrons. The Morgan fingerprint density at radius 2 is 1.96 bits per heavy atom. The van der Waals surface area contributed by atoms with E-state index < -0.39 is 0 Å². The Morgan fingerprint density at radius 1 is 1.28 bits per heavy atom. The SMILES string of the molecule is CC[C@H](NC(=O)Nc1ccccc1N(C)CC)c1c(C)nn(C)c1C. The van der Waals surface area contributed by atoms with Crippen LogP contribution in [0.25, 0.3) is 0 Å². The zero-order valence-corrected chi connectivity index (χ0v) is 16.1. The third-order valence-corrected chi connectivity index (χ3v) is 4.66. The van der Waals surface area contributed by atoms with Gasteiger partial charge in [0.05, 0.1) is 23.1 Å². The van der Waals surface area contributed by atoms with Crippen LogP contribution in [-0.4, -0.2) is 29.4 Å². The smallest absolute Gasteiger partial charge is 0.319 e. The molecule has 2 aromatic rings. The minimum absolute atomic E-state index is 0.0650. The molecule has 1 heterocycles. The topological polar surface area (TPSA) is 62.2 Å². The number of nitrogens with zero attached hydrogens (tertiary/aromatic N) is 3. The Balaban J connectivity index is 2.16. The highest BCUT2D eigenvalue weighted by Crippen LogP contribution is 2.26. The van der Waals surface area contributed by atoms with Crippen molar-refractivity contribution in [2.24, 2.45) is 7.05 Å². The monoisotopic (exact) mass is 343 g/mol. The van der Waals surface area contributed by atoms with Gasteiger partial charge in [-0.1, -0.05) is 19.1 Å². The van der Waals surface area contributed by atoms with Crippen LogP contribution in [0.3, 0.4) is 0 Å². The molecular formula is C19H29N5O. The number of carbonyl (C=O) groups excluding carboxylic acids is 1. The lowest BCUT2D eigenvalue weighted by atomic mass is 10.0. The number of amides is 2. The minimum Gasteiger partial charge on any atom is -0.373 e. The summed E-state index contributed by atoms with van der Waals surface area (Å²) < 4.78 is 1.86. The first-order valence-electron chi connectivity index (χ1n) is 8.76. The summed E-state index contributed by atoms with van der Waals surface area (Å²) in [6, 6.07) is 7.56. The average Bonchev–Trinajstić information content (AvgIpc) is 2.85. The maximum atomic E-state index is 12.6. The zero-order chi connectivity index (χ0) is 18.6. The summed E-state index contributed by atoms with van der Waals surface area (Å²) in [6.45, 7) is 9.03. The largest absolute Gasteiger partial charge is 0.373 e. The second kappa shape index (κ2) is 8.05. The first-order chi connectivity index (χ1) is 11.9. The first-order valence-corrected chi connectivity index (χ1v) is 8.76. The van der Waals surface area contributed by atoms with Crippen LogP contribution in [0, 0.1) is 13.8 Å². The van der Waals surface area contributed by atoms with Gasteiger partial charge < -0.3 is 15.5 Å². The maximum Gasteiger partial charge on any atom is 0.319 e. The standard InChI is InChI=1S/C19H29N5O/c1-7-15(18-13(3)22-24(6)14(18)4)20-19(25)21-16-11-9-10-12-17(16)23(5)8-2/h9-12,15H,7-8H2,1-6H3,(H2,20,21,25)/t15-/m0/s1. The summed E-state index contributed by atoms with van der Waals surface area (Å²) in [5.74, 6) is 0. The van der Waals surface area contributed by atoms with Crippen molar-refractivity contribution in [3.05, 3.63) is 41.2 Å². The van der Waals surface area contributed by atoms with Gasteiger partial charge in [-0.25, -0.2) is 4.79 Å². The Morgan fingerprint density at radius 3 is 2.52 bits per heavy atom. The van der Waals surface area contributed by atoms with Crippen LogP contribution in [-0.2, 0) is 7.05 Å². The predicted molar refractivity (Wildman–Crippen MR) is 103 cm³/mol. The number of benzene rings is 1. The van der Waals surface area contributed by atoms with E-state index in [4.69, 9.17) is 0 Å². The lowest BCUT2D eigenvalue weighted by Crippen LogP contribution is -2.33. The maximum absolute atomic E-state index is 12.6. The second-order valence-electron chi connectivity index (χ2n) is 6.30. The van der Waals surface area contributed by atoms with Crippen molar-refractivity contribution < 1.29 is 4.79 Å². The number of carbonyl (C=O) groups is 1. The summed E-state index contributed by atoms with van der Waals surface area (Å²) in [6.07, 6.45) is 0.803. The van der Waals surface area contributed by atoms with E-state index in [9.17, 15) is 4.79 Å². The van der Waals surface area contributed by atoms with Crippen LogP contribution in [0.2, 0.25) is 0 Å². The average molecular weight is 343 g/mol. The Bertz CT molecular complexity index is 737. The second-order valence-corrected chi connectivity index (χ2v) is 6.30. The molecule has 2 rings (SSSR count). The van der Waals surface area contributed by atoms with Crippen LogP contribution >= 0.6 is 0 Å². The van der Waals surface area contributed by atoms with Gasteiger partial charge in [0.15, 0.2) is 0 Å². The molecule has 2 amide bonds. The normalized spacial score (nSPS) is 11.9. The molecule has 1 aromatic carbocycles. The molecule has 0 fully saturated rings. The molecule has 0 spiro atoms. The summed E-state index contributed by atoms with van der Waals surface area (Å²) in [4.78, 5) is 14.7. The van der Waals surface area contributed by atoms with Crippen LogP contribution in [0.4, 0.5) is 16.2 Å². The molecule has 0 bridgehead atoms. The van der Waals surface area contributed by atoms with Crippen molar-refractivity contribution in [1.29, 1.82) is 0 Å². The number of nitrogens with one attached hydrogen (secondary N) is 2. The molecule has 0 radical (unpaired) electrons. The van der Waals surface area contributed by atoms with Crippen LogP contribution < -0.4 is 15.5 Å². The van der Waals surface area contributed by atoms with Crippen LogP contribution in [0.1, 0.15) is 43.3 Å². The van der Waals surface area contributed by atoms with Gasteiger partial charge in [0.2, 0.25) is 0 Å². The molecule has 1 atom stereocenters. The Labute approximate surface area is 150 Å². The number of anilines is 2. The number of para-hydroxylation sites is 2. The highest BCUT2D eigenvalue weighted by molar-refractivity contribution is 5.93. The third kappa shape index (κ3) is 4.13. The number of rotatable bonds is 6. The lowest BCUT2D eigenvalue weighted by molar-refractivity contribution is 0.248. The van der Waals surface area contributed by atoms with Gasteiger partial charge in [-0.05, 0) is 39.3 Å². The van der Waals surface area contributed by atoms with E-state index in [2.05, 4.69) is 34.5 Å². The molecule has 0 aliphatic carbocycles. The van der Waals surface area contributed by atoms with Gasteiger partial charge in [-0.15, -0.1) is 0 Å². The summed E-state index contributed by atoms with van der Waals surface area (Å²) in [5, 5.41) is 10.5. The molecule has 0 saturated heterocycles. The molecule has 2 N–H and O–H groups in total. The fourth-order valence-corrected chi connectivity index (χ4v) is 3.07. The highest BCUT2D eigenvalue weighted by atomic mass is 16.2. The third-order valence-electron chi connectivity index (χ3n) is 4.66.